The van der Waals surface area contributed by atoms with Gasteiger partial charge in [-0.25, -0.2) is 0 Å². The summed E-state index contributed by atoms with van der Waals surface area (Å²) in [5, 5.41) is 6.00. The number of ether oxygens (including phenoxy) is 1. The molecule has 4 heteroatoms. The van der Waals surface area contributed by atoms with Crippen molar-refractivity contribution < 1.29 is 9.53 Å². The Morgan fingerprint density at radius 2 is 2.31 bits per heavy atom. The molecule has 86 valence electrons. The Hall–Kier alpha value is -1.55. The van der Waals surface area contributed by atoms with E-state index >= 15 is 0 Å². The second-order valence-electron chi connectivity index (χ2n) is 3.91. The number of nitrogens with one attached hydrogen (secondary N) is 2. The van der Waals surface area contributed by atoms with Gasteiger partial charge in [0, 0.05) is 13.5 Å². The fraction of sp³-hybridized carbons (Fsp3) is 0.417. The minimum Gasteiger partial charge on any atom is -0.487 e. The summed E-state index contributed by atoms with van der Waals surface area (Å²) in [7, 11) is 0. The number of carbonyl (C=O) groups excluding carboxylic acids is 1. The number of anilines is 1. The second kappa shape index (κ2) is 4.99. The van der Waals surface area contributed by atoms with Crippen LogP contribution in [0.4, 0.5) is 5.69 Å². The highest BCUT2D eigenvalue weighted by Crippen LogP contribution is 2.25. The Balaban J connectivity index is 2.09. The fourth-order valence-electron chi connectivity index (χ4n) is 1.77. The molecule has 1 aliphatic heterocycles. The average molecular weight is 220 g/mol. The summed E-state index contributed by atoms with van der Waals surface area (Å²) in [6.07, 6.45) is 1.21. The normalized spacial score (nSPS) is 19.4. The van der Waals surface area contributed by atoms with Gasteiger partial charge in [0.2, 0.25) is 5.91 Å². The molecule has 1 saturated heterocycles. The first-order valence-electron chi connectivity index (χ1n) is 5.49. The summed E-state index contributed by atoms with van der Waals surface area (Å²) in [5.74, 6) is 0.659. The van der Waals surface area contributed by atoms with Crippen molar-refractivity contribution in [1.82, 2.24) is 5.32 Å². The fourth-order valence-corrected chi connectivity index (χ4v) is 1.77. The lowest BCUT2D eigenvalue weighted by atomic mass is 10.2. The van der Waals surface area contributed by atoms with Gasteiger partial charge < -0.3 is 15.4 Å². The monoisotopic (exact) mass is 220 g/mol. The van der Waals surface area contributed by atoms with E-state index in [1.165, 1.54) is 6.92 Å². The van der Waals surface area contributed by atoms with E-state index < -0.39 is 0 Å². The summed E-state index contributed by atoms with van der Waals surface area (Å²) >= 11 is 0. The zero-order chi connectivity index (χ0) is 11.4. The number of para-hydroxylation sites is 2. The average Bonchev–Trinajstić information content (AvgIpc) is 2.73. The van der Waals surface area contributed by atoms with Crippen molar-refractivity contribution in [3.05, 3.63) is 24.3 Å². The molecular formula is C12H16N2O2. The van der Waals surface area contributed by atoms with Crippen molar-refractivity contribution in [3.63, 3.8) is 0 Å². The molecule has 0 saturated carbocycles. The smallest absolute Gasteiger partial charge is 0.221 e. The number of benzene rings is 1. The van der Waals surface area contributed by atoms with Crippen LogP contribution in [0.1, 0.15) is 13.3 Å². The van der Waals surface area contributed by atoms with Crippen molar-refractivity contribution in [3.8, 4) is 5.75 Å². The van der Waals surface area contributed by atoms with E-state index in [1.54, 1.807) is 0 Å². The Morgan fingerprint density at radius 1 is 1.50 bits per heavy atom. The van der Waals surface area contributed by atoms with Crippen molar-refractivity contribution in [1.29, 1.82) is 0 Å². The van der Waals surface area contributed by atoms with Gasteiger partial charge in [-0.1, -0.05) is 12.1 Å². The van der Waals surface area contributed by atoms with E-state index in [2.05, 4.69) is 10.6 Å². The molecule has 1 aliphatic rings. The Labute approximate surface area is 95.0 Å². The van der Waals surface area contributed by atoms with Crippen molar-refractivity contribution in [2.45, 2.75) is 19.4 Å². The predicted molar refractivity (Wildman–Crippen MR) is 62.6 cm³/mol. The topological polar surface area (TPSA) is 50.4 Å². The van der Waals surface area contributed by atoms with Crippen molar-refractivity contribution >= 4 is 11.6 Å². The zero-order valence-electron chi connectivity index (χ0n) is 9.32. The van der Waals surface area contributed by atoms with Gasteiger partial charge >= 0.3 is 0 Å². The highest BCUT2D eigenvalue weighted by atomic mass is 16.5. The molecule has 0 aromatic heterocycles. The second-order valence-corrected chi connectivity index (χ2v) is 3.91. The Morgan fingerprint density at radius 3 is 3.00 bits per heavy atom. The first kappa shape index (κ1) is 11.0. The summed E-state index contributed by atoms with van der Waals surface area (Å²) in [4.78, 5) is 11.0. The number of carbonyl (C=O) groups is 1. The van der Waals surface area contributed by atoms with Gasteiger partial charge in [-0.2, -0.15) is 0 Å². The number of hydrogen-bond acceptors (Lipinski definition) is 3. The van der Waals surface area contributed by atoms with Crippen molar-refractivity contribution in [2.75, 3.05) is 18.4 Å². The third-order valence-electron chi connectivity index (χ3n) is 2.51. The molecule has 2 N–H and O–H groups in total. The lowest BCUT2D eigenvalue weighted by Gasteiger charge is -2.15. The molecule has 1 atom stereocenters. The molecule has 1 heterocycles. The van der Waals surface area contributed by atoms with E-state index in [0.29, 0.717) is 0 Å². The molecule has 0 radical (unpaired) electrons. The number of hydrogen-bond donors (Lipinski definition) is 2. The van der Waals surface area contributed by atoms with Crippen LogP contribution in [-0.4, -0.2) is 25.1 Å². The third kappa shape index (κ3) is 2.73. The van der Waals surface area contributed by atoms with E-state index in [-0.39, 0.29) is 12.0 Å². The molecule has 1 aromatic carbocycles. The molecule has 16 heavy (non-hydrogen) atoms. The molecule has 1 fully saturated rings. The van der Waals surface area contributed by atoms with Crippen LogP contribution >= 0.6 is 0 Å². The summed E-state index contributed by atoms with van der Waals surface area (Å²) in [5.41, 5.74) is 0.738. The third-order valence-corrected chi connectivity index (χ3v) is 2.51. The van der Waals surface area contributed by atoms with Crippen LogP contribution in [-0.2, 0) is 4.79 Å². The van der Waals surface area contributed by atoms with E-state index in [1.807, 2.05) is 24.3 Å². The lowest BCUT2D eigenvalue weighted by molar-refractivity contribution is -0.114. The van der Waals surface area contributed by atoms with Gasteiger partial charge in [0.1, 0.15) is 11.9 Å². The summed E-state index contributed by atoms with van der Waals surface area (Å²) < 4.78 is 5.83. The van der Waals surface area contributed by atoms with Gasteiger partial charge in [0.25, 0.3) is 0 Å². The van der Waals surface area contributed by atoms with Crippen LogP contribution in [0, 0.1) is 0 Å². The molecule has 4 nitrogen and oxygen atoms in total. The molecule has 0 unspecified atom stereocenters. The zero-order valence-corrected chi connectivity index (χ0v) is 9.32. The van der Waals surface area contributed by atoms with Gasteiger partial charge in [0.05, 0.1) is 5.69 Å². The minimum atomic E-state index is -0.0828. The summed E-state index contributed by atoms with van der Waals surface area (Å²) in [6, 6.07) is 7.51. The molecule has 2 rings (SSSR count). The largest absolute Gasteiger partial charge is 0.487 e. The molecule has 1 amide bonds. The minimum absolute atomic E-state index is 0.0828. The Kier molecular flexibility index (Phi) is 3.41. The first-order chi connectivity index (χ1) is 7.75. The van der Waals surface area contributed by atoms with Gasteiger partial charge in [-0.15, -0.1) is 0 Å². The van der Waals surface area contributed by atoms with E-state index in [0.717, 1.165) is 30.9 Å². The van der Waals surface area contributed by atoms with Gasteiger partial charge in [-0.3, -0.25) is 4.79 Å². The molecule has 0 aliphatic carbocycles. The SMILES string of the molecule is CC(=O)Nc1ccccc1O[C@@H]1CCNC1. The van der Waals surface area contributed by atoms with Crippen molar-refractivity contribution in [2.24, 2.45) is 0 Å². The first-order valence-corrected chi connectivity index (χ1v) is 5.49. The lowest BCUT2D eigenvalue weighted by Crippen LogP contribution is -2.20. The van der Waals surface area contributed by atoms with Crippen LogP contribution in [0.5, 0.6) is 5.75 Å². The molecule has 0 spiro atoms. The van der Waals surface area contributed by atoms with Crippen LogP contribution in [0.15, 0.2) is 24.3 Å². The maximum atomic E-state index is 11.0. The predicted octanol–water partition coefficient (Wildman–Crippen LogP) is 1.39. The molecule has 1 aromatic rings. The van der Waals surface area contributed by atoms with Gasteiger partial charge in [0.15, 0.2) is 0 Å². The molecular weight excluding hydrogens is 204 g/mol. The highest BCUT2D eigenvalue weighted by Gasteiger charge is 2.17. The number of amides is 1. The molecule has 0 bridgehead atoms. The van der Waals surface area contributed by atoms with Crippen LogP contribution in [0.3, 0.4) is 0 Å². The summed E-state index contributed by atoms with van der Waals surface area (Å²) in [6.45, 7) is 3.36. The van der Waals surface area contributed by atoms with Gasteiger partial charge in [-0.05, 0) is 25.1 Å². The van der Waals surface area contributed by atoms with Crippen LogP contribution < -0.4 is 15.4 Å². The van der Waals surface area contributed by atoms with E-state index in [9.17, 15) is 4.79 Å². The quantitative estimate of drug-likeness (QED) is 0.809. The van der Waals surface area contributed by atoms with E-state index in [4.69, 9.17) is 4.74 Å². The highest BCUT2D eigenvalue weighted by molar-refractivity contribution is 5.90. The maximum Gasteiger partial charge on any atom is 0.221 e. The van der Waals surface area contributed by atoms with Crippen LogP contribution in [0.2, 0.25) is 0 Å². The van der Waals surface area contributed by atoms with Crippen LogP contribution in [0.25, 0.3) is 0 Å². The maximum absolute atomic E-state index is 11.0. The standard InChI is InChI=1S/C12H16N2O2/c1-9(15)14-11-4-2-3-5-12(11)16-10-6-7-13-8-10/h2-5,10,13H,6-8H2,1H3,(H,14,15)/t10-/m1/s1. The number of rotatable bonds is 3. The Bertz CT molecular complexity index is 373.